The monoisotopic (exact) mass is 196 g/mol. The van der Waals surface area contributed by atoms with Crippen molar-refractivity contribution in [2.75, 3.05) is 13.1 Å². The van der Waals surface area contributed by atoms with Crippen LogP contribution in [0.3, 0.4) is 0 Å². The summed E-state index contributed by atoms with van der Waals surface area (Å²) < 4.78 is 0. The summed E-state index contributed by atoms with van der Waals surface area (Å²) in [4.78, 5) is 4.39. The third-order valence-electron chi connectivity index (χ3n) is 1.75. The van der Waals surface area contributed by atoms with Crippen LogP contribution < -0.4 is 5.32 Å². The lowest BCUT2D eigenvalue weighted by Gasteiger charge is -1.99. The van der Waals surface area contributed by atoms with Crippen molar-refractivity contribution >= 4 is 11.3 Å². The molecule has 0 saturated carbocycles. The van der Waals surface area contributed by atoms with Gasteiger partial charge < -0.3 is 5.32 Å². The first-order valence-corrected chi connectivity index (χ1v) is 5.43. The highest BCUT2D eigenvalue weighted by Gasteiger charge is 1.96. The van der Waals surface area contributed by atoms with Gasteiger partial charge in [-0.05, 0) is 19.9 Å². The van der Waals surface area contributed by atoms with Gasteiger partial charge in [0.1, 0.15) is 0 Å². The largest absolute Gasteiger partial charge is 0.316 e. The Morgan fingerprint density at radius 2 is 2.46 bits per heavy atom. The molecule has 0 saturated heterocycles. The van der Waals surface area contributed by atoms with Gasteiger partial charge in [0.15, 0.2) is 0 Å². The molecule has 0 aliphatic heterocycles. The zero-order valence-corrected chi connectivity index (χ0v) is 8.86. The maximum absolute atomic E-state index is 4.39. The molecule has 0 aliphatic carbocycles. The predicted octanol–water partition coefficient (Wildman–Crippen LogP) is 2.16. The van der Waals surface area contributed by atoms with Gasteiger partial charge in [-0.3, -0.25) is 0 Å². The molecule has 0 atom stereocenters. The number of aromatic nitrogens is 1. The zero-order chi connectivity index (χ0) is 9.52. The van der Waals surface area contributed by atoms with Gasteiger partial charge in [0.2, 0.25) is 0 Å². The van der Waals surface area contributed by atoms with Crippen molar-refractivity contribution in [3.05, 3.63) is 28.7 Å². The van der Waals surface area contributed by atoms with Gasteiger partial charge in [0.05, 0.1) is 10.7 Å². The Balaban J connectivity index is 2.09. The fraction of sp³-hybridized carbons (Fsp3) is 0.500. The summed E-state index contributed by atoms with van der Waals surface area (Å²) in [5.41, 5.74) is 1.20. The van der Waals surface area contributed by atoms with E-state index in [1.807, 2.05) is 13.0 Å². The first-order valence-electron chi connectivity index (χ1n) is 4.55. The van der Waals surface area contributed by atoms with Crippen LogP contribution in [0.15, 0.2) is 18.0 Å². The van der Waals surface area contributed by atoms with Crippen molar-refractivity contribution in [3.8, 4) is 0 Å². The van der Waals surface area contributed by atoms with Gasteiger partial charge in [0, 0.05) is 18.3 Å². The lowest BCUT2D eigenvalue weighted by Crippen LogP contribution is -2.18. The second-order valence-corrected chi connectivity index (χ2v) is 4.00. The molecule has 1 aromatic rings. The van der Waals surface area contributed by atoms with E-state index >= 15 is 0 Å². The van der Waals surface area contributed by atoms with Crippen LogP contribution in [0.4, 0.5) is 0 Å². The van der Waals surface area contributed by atoms with E-state index in [2.05, 4.69) is 22.3 Å². The Kier molecular flexibility index (Phi) is 4.72. The normalized spacial score (nSPS) is 10.2. The SMILES string of the molecule is C=CCCNCCc1csc(C)n1. The van der Waals surface area contributed by atoms with E-state index in [4.69, 9.17) is 0 Å². The minimum atomic E-state index is 1.01. The molecule has 72 valence electrons. The fourth-order valence-electron chi connectivity index (χ4n) is 1.07. The first-order chi connectivity index (χ1) is 6.33. The summed E-state index contributed by atoms with van der Waals surface area (Å²) in [6, 6.07) is 0. The molecule has 0 radical (unpaired) electrons. The summed E-state index contributed by atoms with van der Waals surface area (Å²) in [6.07, 6.45) is 4.00. The second-order valence-electron chi connectivity index (χ2n) is 2.94. The number of aryl methyl sites for hydroxylation is 1. The molecule has 0 aromatic carbocycles. The smallest absolute Gasteiger partial charge is 0.0897 e. The number of nitrogens with one attached hydrogen (secondary N) is 1. The average molecular weight is 196 g/mol. The highest BCUT2D eigenvalue weighted by Crippen LogP contribution is 2.07. The van der Waals surface area contributed by atoms with E-state index in [0.717, 1.165) is 30.9 Å². The maximum atomic E-state index is 4.39. The summed E-state index contributed by atoms with van der Waals surface area (Å²) in [5.74, 6) is 0. The number of hydrogen-bond acceptors (Lipinski definition) is 3. The van der Waals surface area contributed by atoms with Crippen molar-refractivity contribution in [2.24, 2.45) is 0 Å². The average Bonchev–Trinajstić information content (AvgIpc) is 2.51. The third-order valence-corrected chi connectivity index (χ3v) is 2.57. The van der Waals surface area contributed by atoms with Crippen molar-refractivity contribution in [3.63, 3.8) is 0 Å². The van der Waals surface area contributed by atoms with E-state index in [1.54, 1.807) is 11.3 Å². The van der Waals surface area contributed by atoms with E-state index in [1.165, 1.54) is 5.69 Å². The predicted molar refractivity (Wildman–Crippen MR) is 58.2 cm³/mol. The topological polar surface area (TPSA) is 24.9 Å². The highest BCUT2D eigenvalue weighted by molar-refractivity contribution is 7.09. The second kappa shape index (κ2) is 5.89. The molecule has 0 amide bonds. The van der Waals surface area contributed by atoms with Crippen LogP contribution in [0, 0.1) is 6.92 Å². The third kappa shape index (κ3) is 4.20. The lowest BCUT2D eigenvalue weighted by molar-refractivity contribution is 0.684. The van der Waals surface area contributed by atoms with Crippen molar-refractivity contribution in [1.29, 1.82) is 0 Å². The number of hydrogen-bond donors (Lipinski definition) is 1. The van der Waals surface area contributed by atoms with E-state index in [9.17, 15) is 0 Å². The molecule has 0 spiro atoms. The Morgan fingerprint density at radius 3 is 3.08 bits per heavy atom. The molecule has 0 bridgehead atoms. The van der Waals surface area contributed by atoms with Crippen LogP contribution in [0.25, 0.3) is 0 Å². The van der Waals surface area contributed by atoms with Gasteiger partial charge in [-0.2, -0.15) is 0 Å². The summed E-state index contributed by atoms with van der Waals surface area (Å²) in [6.45, 7) is 7.74. The van der Waals surface area contributed by atoms with Gasteiger partial charge in [-0.15, -0.1) is 17.9 Å². The standard InChI is InChI=1S/C10H16N2S/c1-3-4-6-11-7-5-10-8-13-9(2)12-10/h3,8,11H,1,4-7H2,2H3. The van der Waals surface area contributed by atoms with Crippen LogP contribution in [0.1, 0.15) is 17.1 Å². The Labute approximate surface area is 83.7 Å². The summed E-state index contributed by atoms with van der Waals surface area (Å²) >= 11 is 1.72. The molecule has 1 rings (SSSR count). The number of thiazole rings is 1. The molecular weight excluding hydrogens is 180 g/mol. The maximum Gasteiger partial charge on any atom is 0.0897 e. The van der Waals surface area contributed by atoms with Crippen molar-refractivity contribution in [2.45, 2.75) is 19.8 Å². The highest BCUT2D eigenvalue weighted by atomic mass is 32.1. The molecule has 2 nitrogen and oxygen atoms in total. The molecule has 1 aromatic heterocycles. The molecule has 1 N–H and O–H groups in total. The zero-order valence-electron chi connectivity index (χ0n) is 8.05. The lowest BCUT2D eigenvalue weighted by atomic mass is 10.3. The van der Waals surface area contributed by atoms with Crippen molar-refractivity contribution < 1.29 is 0 Å². The molecule has 1 heterocycles. The Morgan fingerprint density at radius 1 is 1.62 bits per heavy atom. The molecule has 3 heteroatoms. The van der Waals surface area contributed by atoms with Crippen molar-refractivity contribution in [1.82, 2.24) is 10.3 Å². The van der Waals surface area contributed by atoms with Crippen LogP contribution in [0.2, 0.25) is 0 Å². The van der Waals surface area contributed by atoms with Gasteiger partial charge in [0.25, 0.3) is 0 Å². The van der Waals surface area contributed by atoms with Crippen LogP contribution in [-0.4, -0.2) is 18.1 Å². The molecule has 0 fully saturated rings. The molecule has 0 aliphatic rings. The summed E-state index contributed by atoms with van der Waals surface area (Å²) in [5, 5.41) is 6.62. The molecular formula is C10H16N2S. The fourth-order valence-corrected chi connectivity index (χ4v) is 1.72. The Bertz CT molecular complexity index is 255. The van der Waals surface area contributed by atoms with E-state index in [0.29, 0.717) is 0 Å². The van der Waals surface area contributed by atoms with Gasteiger partial charge >= 0.3 is 0 Å². The number of nitrogens with zero attached hydrogens (tertiary/aromatic N) is 1. The minimum absolute atomic E-state index is 1.01. The van der Waals surface area contributed by atoms with Gasteiger partial charge in [-0.1, -0.05) is 6.08 Å². The van der Waals surface area contributed by atoms with E-state index < -0.39 is 0 Å². The Hall–Kier alpha value is -0.670. The van der Waals surface area contributed by atoms with E-state index in [-0.39, 0.29) is 0 Å². The molecule has 13 heavy (non-hydrogen) atoms. The minimum Gasteiger partial charge on any atom is -0.316 e. The summed E-state index contributed by atoms with van der Waals surface area (Å²) in [7, 11) is 0. The van der Waals surface area contributed by atoms with Gasteiger partial charge in [-0.25, -0.2) is 4.98 Å². The van der Waals surface area contributed by atoms with Crippen LogP contribution in [0.5, 0.6) is 0 Å². The van der Waals surface area contributed by atoms with Crippen LogP contribution >= 0.6 is 11.3 Å². The first kappa shape index (κ1) is 10.4. The van der Waals surface area contributed by atoms with Crippen LogP contribution in [-0.2, 0) is 6.42 Å². The molecule has 0 unspecified atom stereocenters. The quantitative estimate of drug-likeness (QED) is 0.557. The number of rotatable bonds is 6.